The number of aliphatic imine (C=N–C) groups is 1. The first-order chi connectivity index (χ1) is 14.7. The zero-order valence-electron chi connectivity index (χ0n) is 18.4. The third-order valence-corrected chi connectivity index (χ3v) is 6.84. The Morgan fingerprint density at radius 1 is 1.19 bits per heavy atom. The van der Waals surface area contributed by atoms with Crippen molar-refractivity contribution < 1.29 is 4.79 Å². The van der Waals surface area contributed by atoms with Crippen LogP contribution in [-0.2, 0) is 4.79 Å². The van der Waals surface area contributed by atoms with Crippen molar-refractivity contribution in [3.05, 3.63) is 69.1 Å². The topological polar surface area (TPSA) is 44.7 Å². The zero-order valence-corrected chi connectivity index (χ0v) is 20.0. The summed E-state index contributed by atoms with van der Waals surface area (Å²) in [6, 6.07) is 11.7. The Hall–Kier alpha value is -2.50. The fourth-order valence-electron chi connectivity index (χ4n) is 4.23. The van der Waals surface area contributed by atoms with Gasteiger partial charge in [0.1, 0.15) is 0 Å². The summed E-state index contributed by atoms with van der Waals surface area (Å²) >= 11 is 7.29. The number of amidine groups is 1. The van der Waals surface area contributed by atoms with Crippen LogP contribution in [0, 0.1) is 6.92 Å². The monoisotopic (exact) mass is 451 g/mol. The minimum absolute atomic E-state index is 0.0214. The molecule has 0 unspecified atom stereocenters. The summed E-state index contributed by atoms with van der Waals surface area (Å²) in [5, 5.41) is 4.09. The van der Waals surface area contributed by atoms with Gasteiger partial charge in [-0.25, -0.2) is 4.99 Å². The third kappa shape index (κ3) is 4.30. The van der Waals surface area contributed by atoms with E-state index in [9.17, 15) is 4.79 Å². The molecule has 0 radical (unpaired) electrons. The Kier molecular flexibility index (Phi) is 5.75. The number of hydrogen-bond donors (Lipinski definition) is 1. The van der Waals surface area contributed by atoms with Crippen LogP contribution in [0.2, 0.25) is 5.02 Å². The number of hydrogen-bond acceptors (Lipinski definition) is 4. The average molecular weight is 452 g/mol. The molecule has 0 saturated carbocycles. The first-order valence-electron chi connectivity index (χ1n) is 10.3. The molecule has 1 fully saturated rings. The maximum absolute atomic E-state index is 12.6. The predicted molar refractivity (Wildman–Crippen MR) is 134 cm³/mol. The van der Waals surface area contributed by atoms with Crippen LogP contribution >= 0.6 is 23.4 Å². The van der Waals surface area contributed by atoms with Crippen LogP contribution in [0.5, 0.6) is 0 Å². The number of carbonyl (C=O) groups is 1. The molecular formula is C25H26ClN3OS. The molecule has 1 saturated heterocycles. The van der Waals surface area contributed by atoms with E-state index < -0.39 is 0 Å². The van der Waals surface area contributed by atoms with Gasteiger partial charge in [0.05, 0.1) is 16.1 Å². The van der Waals surface area contributed by atoms with Crippen LogP contribution in [0.25, 0.3) is 11.6 Å². The van der Waals surface area contributed by atoms with Gasteiger partial charge in [0, 0.05) is 22.8 Å². The molecule has 0 aliphatic carbocycles. The number of allylic oxidation sites excluding steroid dienone is 1. The number of anilines is 1. The maximum atomic E-state index is 12.6. The molecule has 4 rings (SSSR count). The van der Waals surface area contributed by atoms with Crippen LogP contribution in [0.1, 0.15) is 44.4 Å². The van der Waals surface area contributed by atoms with Gasteiger partial charge in [-0.15, -0.1) is 0 Å². The molecule has 6 heteroatoms. The van der Waals surface area contributed by atoms with Crippen LogP contribution < -0.4 is 10.2 Å². The van der Waals surface area contributed by atoms with E-state index in [1.54, 1.807) is 12.1 Å². The number of aryl methyl sites for hydroxylation is 1. The highest BCUT2D eigenvalue weighted by molar-refractivity contribution is 8.18. The Bertz CT molecular complexity index is 1150. The minimum Gasteiger partial charge on any atom is -0.363 e. The second-order valence-electron chi connectivity index (χ2n) is 8.41. The maximum Gasteiger partial charge on any atom is 0.264 e. The van der Waals surface area contributed by atoms with Gasteiger partial charge in [-0.3, -0.25) is 4.79 Å². The molecule has 160 valence electrons. The largest absolute Gasteiger partial charge is 0.363 e. The lowest BCUT2D eigenvalue weighted by atomic mass is 9.87. The van der Waals surface area contributed by atoms with Crippen molar-refractivity contribution in [1.82, 2.24) is 5.32 Å². The van der Waals surface area contributed by atoms with E-state index >= 15 is 0 Å². The molecule has 4 nitrogen and oxygen atoms in total. The number of thioether (sulfide) groups is 1. The molecule has 1 N–H and O–H groups in total. The molecule has 2 aromatic rings. The lowest BCUT2D eigenvalue weighted by Crippen LogP contribution is -2.44. The predicted octanol–water partition coefficient (Wildman–Crippen LogP) is 6.56. The molecule has 2 aromatic carbocycles. The number of likely N-dealkylation sites (N-methyl/N-ethyl adjacent to an activating group) is 1. The minimum atomic E-state index is -0.126. The van der Waals surface area contributed by atoms with Gasteiger partial charge in [-0.2, -0.15) is 0 Å². The van der Waals surface area contributed by atoms with Crippen molar-refractivity contribution in [3.63, 3.8) is 0 Å². The highest BCUT2D eigenvalue weighted by Crippen LogP contribution is 2.41. The van der Waals surface area contributed by atoms with E-state index in [1.807, 2.05) is 18.2 Å². The van der Waals surface area contributed by atoms with Crippen LogP contribution in [-0.4, -0.2) is 23.2 Å². The summed E-state index contributed by atoms with van der Waals surface area (Å²) in [4.78, 5) is 20.1. The molecule has 0 bridgehead atoms. The summed E-state index contributed by atoms with van der Waals surface area (Å²) < 4.78 is 0. The SMILES string of the molecule is CCN1c2cc(C)c(/C=C3/SC(=Nc4ccc(Cl)cc4)NC3=O)cc2C(C)=CC1(C)C. The van der Waals surface area contributed by atoms with Crippen LogP contribution in [0.4, 0.5) is 11.4 Å². The van der Waals surface area contributed by atoms with Crippen molar-refractivity contribution in [2.45, 2.75) is 40.2 Å². The van der Waals surface area contributed by atoms with E-state index in [0.717, 1.165) is 23.4 Å². The quantitative estimate of drug-likeness (QED) is 0.537. The molecule has 1 amide bonds. The Labute approximate surface area is 193 Å². The number of amides is 1. The number of nitrogens with one attached hydrogen (secondary N) is 1. The van der Waals surface area contributed by atoms with Gasteiger partial charge in [0.15, 0.2) is 5.17 Å². The highest BCUT2D eigenvalue weighted by Gasteiger charge is 2.31. The normalized spacial score (nSPS) is 20.1. The van der Waals surface area contributed by atoms with E-state index in [0.29, 0.717) is 15.1 Å². The standard InChI is InChI=1S/C25H26ClN3OS/c1-6-29-21-11-15(2)17(12-20(21)16(3)14-25(29,4)5)13-22-23(30)28-24(31-22)27-19-9-7-18(26)8-10-19/h7-14H,6H2,1-5H3,(H,27,28,30)/b22-13+. The molecule has 2 aliphatic heterocycles. The third-order valence-electron chi connectivity index (χ3n) is 5.68. The fourth-order valence-corrected chi connectivity index (χ4v) is 5.19. The Morgan fingerprint density at radius 3 is 2.58 bits per heavy atom. The van der Waals surface area contributed by atoms with E-state index in [1.165, 1.54) is 28.6 Å². The second kappa shape index (κ2) is 8.21. The summed E-state index contributed by atoms with van der Waals surface area (Å²) in [7, 11) is 0. The number of benzene rings is 2. The van der Waals surface area contributed by atoms with Crippen molar-refractivity contribution >= 4 is 57.5 Å². The van der Waals surface area contributed by atoms with E-state index in [2.05, 4.69) is 68.0 Å². The Balaban J connectivity index is 1.67. The summed E-state index contributed by atoms with van der Waals surface area (Å²) in [6.45, 7) is 11.9. The number of nitrogens with zero attached hydrogens (tertiary/aromatic N) is 2. The number of halogens is 1. The smallest absolute Gasteiger partial charge is 0.264 e. The average Bonchev–Trinajstić information content (AvgIpc) is 3.03. The first kappa shape index (κ1) is 21.7. The zero-order chi connectivity index (χ0) is 22.3. The number of rotatable bonds is 3. The Morgan fingerprint density at radius 2 is 1.90 bits per heavy atom. The van der Waals surface area contributed by atoms with Gasteiger partial charge in [-0.05, 0) is 106 Å². The molecular weight excluding hydrogens is 426 g/mol. The fraction of sp³-hybridized carbons (Fsp3) is 0.280. The number of fused-ring (bicyclic) bond motifs is 1. The van der Waals surface area contributed by atoms with Gasteiger partial charge < -0.3 is 10.2 Å². The molecule has 0 aromatic heterocycles. The van der Waals surface area contributed by atoms with Crippen molar-refractivity contribution in [1.29, 1.82) is 0 Å². The lowest BCUT2D eigenvalue weighted by Gasteiger charge is -2.43. The van der Waals surface area contributed by atoms with Gasteiger partial charge >= 0.3 is 0 Å². The van der Waals surface area contributed by atoms with Crippen LogP contribution in [0.15, 0.2) is 52.4 Å². The first-order valence-corrected chi connectivity index (χ1v) is 11.5. The van der Waals surface area contributed by atoms with Gasteiger partial charge in [0.25, 0.3) is 5.91 Å². The van der Waals surface area contributed by atoms with Gasteiger partial charge in [0.2, 0.25) is 0 Å². The van der Waals surface area contributed by atoms with Gasteiger partial charge in [-0.1, -0.05) is 17.7 Å². The summed E-state index contributed by atoms with van der Waals surface area (Å²) in [5.41, 5.74) is 6.66. The molecule has 2 heterocycles. The molecule has 0 spiro atoms. The van der Waals surface area contributed by atoms with Crippen LogP contribution in [0.3, 0.4) is 0 Å². The van der Waals surface area contributed by atoms with E-state index in [4.69, 9.17) is 11.6 Å². The van der Waals surface area contributed by atoms with E-state index in [-0.39, 0.29) is 11.4 Å². The molecule has 31 heavy (non-hydrogen) atoms. The lowest BCUT2D eigenvalue weighted by molar-refractivity contribution is -0.115. The van der Waals surface area contributed by atoms with Crippen molar-refractivity contribution in [2.24, 2.45) is 4.99 Å². The summed E-state index contributed by atoms with van der Waals surface area (Å²) in [5.74, 6) is -0.126. The highest BCUT2D eigenvalue weighted by atomic mass is 35.5. The summed E-state index contributed by atoms with van der Waals surface area (Å²) in [6.07, 6.45) is 4.28. The molecule has 2 aliphatic rings. The second-order valence-corrected chi connectivity index (χ2v) is 9.88. The molecule has 0 atom stereocenters. The van der Waals surface area contributed by atoms with Crippen molar-refractivity contribution in [2.75, 3.05) is 11.4 Å². The number of carbonyl (C=O) groups excluding carboxylic acids is 1. The van der Waals surface area contributed by atoms with Crippen molar-refractivity contribution in [3.8, 4) is 0 Å².